The third-order valence-corrected chi connectivity index (χ3v) is 2.26. The van der Waals surface area contributed by atoms with E-state index < -0.39 is 0 Å². The van der Waals surface area contributed by atoms with Gasteiger partial charge >= 0.3 is 0 Å². The van der Waals surface area contributed by atoms with Crippen LogP contribution in [0.1, 0.15) is 5.69 Å². The van der Waals surface area contributed by atoms with Gasteiger partial charge in [-0.15, -0.1) is 5.10 Å². The first-order valence-corrected chi connectivity index (χ1v) is 4.67. The number of halogens is 1. The Labute approximate surface area is 88.9 Å². The lowest BCUT2D eigenvalue weighted by Crippen LogP contribution is -1.98. The second-order valence-electron chi connectivity index (χ2n) is 2.62. The zero-order valence-electron chi connectivity index (χ0n) is 7.05. The molecule has 1 heterocycles. The molecule has 0 aliphatic rings. The number of nitriles is 1. The van der Waals surface area contributed by atoms with Gasteiger partial charge in [0.2, 0.25) is 0 Å². The van der Waals surface area contributed by atoms with Gasteiger partial charge in [0.1, 0.15) is 6.07 Å². The summed E-state index contributed by atoms with van der Waals surface area (Å²) in [5.74, 6) is 0. The minimum Gasteiger partial charge on any atom is -0.203 e. The molecule has 0 saturated heterocycles. The number of hydrogen-bond acceptors (Lipinski definition) is 3. The molecule has 1 aromatic carbocycles. The SMILES string of the molecule is N#Cc1cnnn1-c1ccc(Br)cc1. The maximum atomic E-state index is 8.76. The van der Waals surface area contributed by atoms with Gasteiger partial charge in [-0.3, -0.25) is 0 Å². The zero-order chi connectivity index (χ0) is 9.97. The molecule has 0 aliphatic carbocycles. The van der Waals surface area contributed by atoms with Gasteiger partial charge in [0, 0.05) is 4.47 Å². The Balaban J connectivity index is 2.50. The van der Waals surface area contributed by atoms with Gasteiger partial charge in [-0.2, -0.15) is 5.26 Å². The summed E-state index contributed by atoms with van der Waals surface area (Å²) in [4.78, 5) is 0. The number of hydrogen-bond donors (Lipinski definition) is 0. The van der Waals surface area contributed by atoms with Crippen LogP contribution in [-0.4, -0.2) is 15.0 Å². The van der Waals surface area contributed by atoms with E-state index in [1.54, 1.807) is 0 Å². The fourth-order valence-corrected chi connectivity index (χ4v) is 1.35. The van der Waals surface area contributed by atoms with Crippen molar-refractivity contribution in [2.24, 2.45) is 0 Å². The van der Waals surface area contributed by atoms with Gasteiger partial charge in [-0.1, -0.05) is 21.1 Å². The Morgan fingerprint density at radius 1 is 1.29 bits per heavy atom. The van der Waals surface area contributed by atoms with Crippen molar-refractivity contribution in [1.82, 2.24) is 15.0 Å². The van der Waals surface area contributed by atoms with Crippen LogP contribution in [0.2, 0.25) is 0 Å². The van der Waals surface area contributed by atoms with Gasteiger partial charge in [0.15, 0.2) is 5.69 Å². The summed E-state index contributed by atoms with van der Waals surface area (Å²) in [6.45, 7) is 0. The summed E-state index contributed by atoms with van der Waals surface area (Å²) in [6, 6.07) is 9.51. The Morgan fingerprint density at radius 2 is 2.00 bits per heavy atom. The Bertz CT molecular complexity index is 480. The molecule has 2 rings (SSSR count). The highest BCUT2D eigenvalue weighted by Gasteiger charge is 2.03. The largest absolute Gasteiger partial charge is 0.203 e. The number of aromatic nitrogens is 3. The minimum atomic E-state index is 0.423. The predicted octanol–water partition coefficient (Wildman–Crippen LogP) is 1.90. The van der Waals surface area contributed by atoms with E-state index in [-0.39, 0.29) is 0 Å². The molecule has 0 saturated carbocycles. The first-order chi connectivity index (χ1) is 6.81. The van der Waals surface area contributed by atoms with Crippen molar-refractivity contribution < 1.29 is 0 Å². The molecule has 0 bridgehead atoms. The van der Waals surface area contributed by atoms with E-state index in [1.807, 2.05) is 30.3 Å². The van der Waals surface area contributed by atoms with Crippen LogP contribution in [0, 0.1) is 11.3 Å². The molecular formula is C9H5BrN4. The molecule has 0 unspecified atom stereocenters. The molecule has 0 spiro atoms. The topological polar surface area (TPSA) is 54.5 Å². The summed E-state index contributed by atoms with van der Waals surface area (Å²) in [5.41, 5.74) is 1.24. The summed E-state index contributed by atoms with van der Waals surface area (Å²) in [5, 5.41) is 16.2. The Kier molecular flexibility index (Phi) is 2.29. The highest BCUT2D eigenvalue weighted by Crippen LogP contribution is 2.14. The van der Waals surface area contributed by atoms with Crippen LogP contribution in [0.5, 0.6) is 0 Å². The summed E-state index contributed by atoms with van der Waals surface area (Å²) in [6.07, 6.45) is 1.43. The molecule has 0 N–H and O–H groups in total. The molecule has 4 nitrogen and oxygen atoms in total. The number of rotatable bonds is 1. The van der Waals surface area contributed by atoms with Crippen LogP contribution in [0.4, 0.5) is 0 Å². The first kappa shape index (κ1) is 8.91. The smallest absolute Gasteiger partial charge is 0.164 e. The van der Waals surface area contributed by atoms with Crippen molar-refractivity contribution in [2.45, 2.75) is 0 Å². The first-order valence-electron chi connectivity index (χ1n) is 3.88. The third kappa shape index (κ3) is 1.52. The summed E-state index contributed by atoms with van der Waals surface area (Å²) >= 11 is 3.33. The fourth-order valence-electron chi connectivity index (χ4n) is 1.08. The molecule has 0 fully saturated rings. The van der Waals surface area contributed by atoms with E-state index in [9.17, 15) is 0 Å². The predicted molar refractivity (Wildman–Crippen MR) is 53.8 cm³/mol. The molecule has 0 amide bonds. The van der Waals surface area contributed by atoms with Crippen LogP contribution in [0.15, 0.2) is 34.9 Å². The minimum absolute atomic E-state index is 0.423. The van der Waals surface area contributed by atoms with Gasteiger partial charge in [0.05, 0.1) is 11.9 Å². The molecule has 5 heteroatoms. The van der Waals surface area contributed by atoms with Crippen molar-refractivity contribution in [3.63, 3.8) is 0 Å². The van der Waals surface area contributed by atoms with Crippen LogP contribution < -0.4 is 0 Å². The monoisotopic (exact) mass is 248 g/mol. The van der Waals surface area contributed by atoms with E-state index in [1.165, 1.54) is 10.9 Å². The lowest BCUT2D eigenvalue weighted by Gasteiger charge is -2.00. The van der Waals surface area contributed by atoms with Gasteiger partial charge in [-0.25, -0.2) is 4.68 Å². The van der Waals surface area contributed by atoms with Gasteiger partial charge < -0.3 is 0 Å². The van der Waals surface area contributed by atoms with E-state index in [0.717, 1.165) is 10.2 Å². The van der Waals surface area contributed by atoms with Crippen molar-refractivity contribution >= 4 is 15.9 Å². The molecule has 0 aliphatic heterocycles. The third-order valence-electron chi connectivity index (χ3n) is 1.74. The van der Waals surface area contributed by atoms with E-state index in [2.05, 4.69) is 26.2 Å². The standard InChI is InChI=1S/C9H5BrN4/c10-7-1-3-8(4-2-7)14-9(5-11)6-12-13-14/h1-4,6H. The van der Waals surface area contributed by atoms with Gasteiger partial charge in [-0.05, 0) is 24.3 Å². The normalized spacial score (nSPS) is 9.71. The average molecular weight is 249 g/mol. The summed E-state index contributed by atoms with van der Waals surface area (Å²) < 4.78 is 2.48. The summed E-state index contributed by atoms with van der Waals surface area (Å²) in [7, 11) is 0. The molecule has 68 valence electrons. The van der Waals surface area contributed by atoms with E-state index in [4.69, 9.17) is 5.26 Å². The molecule has 2 aromatic rings. The van der Waals surface area contributed by atoms with Gasteiger partial charge in [0.25, 0.3) is 0 Å². The Hall–Kier alpha value is -1.67. The molecule has 0 radical (unpaired) electrons. The van der Waals surface area contributed by atoms with Crippen LogP contribution in [0.25, 0.3) is 5.69 Å². The molecule has 0 atom stereocenters. The molecular weight excluding hydrogens is 244 g/mol. The second kappa shape index (κ2) is 3.60. The van der Waals surface area contributed by atoms with Crippen molar-refractivity contribution in [2.75, 3.05) is 0 Å². The number of benzene rings is 1. The number of nitrogens with zero attached hydrogens (tertiary/aromatic N) is 4. The quantitative estimate of drug-likeness (QED) is 0.775. The molecule has 14 heavy (non-hydrogen) atoms. The lowest BCUT2D eigenvalue weighted by molar-refractivity contribution is 0.795. The zero-order valence-corrected chi connectivity index (χ0v) is 8.64. The maximum absolute atomic E-state index is 8.76. The average Bonchev–Trinajstić information content (AvgIpc) is 2.67. The highest BCUT2D eigenvalue weighted by molar-refractivity contribution is 9.10. The van der Waals surface area contributed by atoms with Crippen LogP contribution in [0.3, 0.4) is 0 Å². The fraction of sp³-hybridized carbons (Fsp3) is 0. The van der Waals surface area contributed by atoms with E-state index in [0.29, 0.717) is 5.69 Å². The van der Waals surface area contributed by atoms with Crippen LogP contribution >= 0.6 is 15.9 Å². The van der Waals surface area contributed by atoms with Crippen molar-refractivity contribution in [1.29, 1.82) is 5.26 Å². The van der Waals surface area contributed by atoms with Crippen LogP contribution in [-0.2, 0) is 0 Å². The Morgan fingerprint density at radius 3 is 2.64 bits per heavy atom. The van der Waals surface area contributed by atoms with E-state index >= 15 is 0 Å². The second-order valence-corrected chi connectivity index (χ2v) is 3.53. The van der Waals surface area contributed by atoms with Crippen molar-refractivity contribution in [3.05, 3.63) is 40.6 Å². The lowest BCUT2D eigenvalue weighted by atomic mass is 10.3. The molecule has 1 aromatic heterocycles. The maximum Gasteiger partial charge on any atom is 0.164 e. The highest BCUT2D eigenvalue weighted by atomic mass is 79.9. The van der Waals surface area contributed by atoms with Crippen molar-refractivity contribution in [3.8, 4) is 11.8 Å².